The molecule has 1 aliphatic heterocycles. The highest BCUT2D eigenvalue weighted by Crippen LogP contribution is 2.28. The Morgan fingerprint density at radius 2 is 1.86 bits per heavy atom. The maximum Gasteiger partial charge on any atom is 0.272 e. The van der Waals surface area contributed by atoms with Gasteiger partial charge in [0.15, 0.2) is 0 Å². The number of rotatable bonds is 3. The third-order valence-electron chi connectivity index (χ3n) is 5.41. The zero-order chi connectivity index (χ0) is 19.7. The fourth-order valence-electron chi connectivity index (χ4n) is 3.58. The quantitative estimate of drug-likeness (QED) is 0.759. The molecule has 1 aliphatic rings. The first kappa shape index (κ1) is 18.2. The first-order valence-corrected chi connectivity index (χ1v) is 9.36. The summed E-state index contributed by atoms with van der Waals surface area (Å²) in [6, 6.07) is 7.89. The van der Waals surface area contributed by atoms with Crippen molar-refractivity contribution in [1.29, 1.82) is 0 Å². The number of aromatic nitrogens is 4. The highest BCUT2D eigenvalue weighted by Gasteiger charge is 2.25. The van der Waals surface area contributed by atoms with Gasteiger partial charge in [-0.05, 0) is 44.5 Å². The number of benzene rings is 1. The van der Waals surface area contributed by atoms with Crippen molar-refractivity contribution in [2.45, 2.75) is 26.7 Å². The van der Waals surface area contributed by atoms with E-state index in [9.17, 15) is 4.79 Å². The van der Waals surface area contributed by atoms with Crippen LogP contribution in [0.2, 0.25) is 0 Å². The molecule has 0 unspecified atom stereocenters. The van der Waals surface area contributed by atoms with Crippen molar-refractivity contribution >= 4 is 5.91 Å². The van der Waals surface area contributed by atoms with Crippen LogP contribution in [-0.2, 0) is 12.8 Å². The molecule has 3 aromatic rings. The van der Waals surface area contributed by atoms with Crippen molar-refractivity contribution in [1.82, 2.24) is 25.1 Å². The van der Waals surface area contributed by atoms with E-state index in [1.165, 1.54) is 11.9 Å². The Bertz CT molecular complexity index is 1010. The maximum absolute atomic E-state index is 13.0. The summed E-state index contributed by atoms with van der Waals surface area (Å²) in [6.07, 6.45) is 2.96. The first-order valence-electron chi connectivity index (χ1n) is 9.36. The van der Waals surface area contributed by atoms with Crippen LogP contribution in [0.5, 0.6) is 5.75 Å². The largest absolute Gasteiger partial charge is 0.497 e. The zero-order valence-corrected chi connectivity index (χ0v) is 16.3. The number of aromatic amines is 1. The van der Waals surface area contributed by atoms with Crippen molar-refractivity contribution in [3.05, 3.63) is 58.8 Å². The molecular formula is C21H23N5O2. The SMILES string of the molecule is COc1ccc(-c2n[nH]c3c2CCN(C(=O)c2ncnc(C)c2C)CC3)cc1. The fourth-order valence-corrected chi connectivity index (χ4v) is 3.58. The van der Waals surface area contributed by atoms with E-state index in [0.29, 0.717) is 18.8 Å². The number of fused-ring (bicyclic) bond motifs is 1. The molecule has 7 heteroatoms. The molecule has 7 nitrogen and oxygen atoms in total. The Kier molecular flexibility index (Phi) is 4.81. The van der Waals surface area contributed by atoms with E-state index in [1.54, 1.807) is 7.11 Å². The van der Waals surface area contributed by atoms with Crippen molar-refractivity contribution in [2.75, 3.05) is 20.2 Å². The molecule has 4 rings (SSSR count). The molecule has 1 N–H and O–H groups in total. The summed E-state index contributed by atoms with van der Waals surface area (Å²) >= 11 is 0. The number of hydrogen-bond donors (Lipinski definition) is 1. The monoisotopic (exact) mass is 377 g/mol. The number of carbonyl (C=O) groups excluding carboxylic acids is 1. The van der Waals surface area contributed by atoms with Crippen LogP contribution in [0, 0.1) is 13.8 Å². The standard InChI is InChI=1S/C21H23N5O2/c1-13-14(2)22-12-23-19(13)21(27)26-10-8-17-18(9-11-26)24-25-20(17)15-4-6-16(28-3)7-5-15/h4-7,12H,8-11H2,1-3H3,(H,24,25). The lowest BCUT2D eigenvalue weighted by Gasteiger charge is -2.21. The number of methoxy groups -OCH3 is 1. The van der Waals surface area contributed by atoms with Gasteiger partial charge in [-0.25, -0.2) is 9.97 Å². The van der Waals surface area contributed by atoms with Crippen LogP contribution in [0.3, 0.4) is 0 Å². The van der Waals surface area contributed by atoms with E-state index in [0.717, 1.165) is 46.8 Å². The molecule has 0 spiro atoms. The number of ether oxygens (including phenoxy) is 1. The lowest BCUT2D eigenvalue weighted by atomic mass is 10.0. The van der Waals surface area contributed by atoms with Crippen LogP contribution < -0.4 is 4.74 Å². The van der Waals surface area contributed by atoms with E-state index in [2.05, 4.69) is 20.2 Å². The van der Waals surface area contributed by atoms with Crippen molar-refractivity contribution < 1.29 is 9.53 Å². The molecule has 0 aliphatic carbocycles. The number of nitrogens with one attached hydrogen (secondary N) is 1. The predicted octanol–water partition coefficient (Wildman–Crippen LogP) is 2.73. The molecule has 0 radical (unpaired) electrons. The average Bonchev–Trinajstić information content (AvgIpc) is 3.01. The van der Waals surface area contributed by atoms with E-state index in [1.807, 2.05) is 43.0 Å². The van der Waals surface area contributed by atoms with Crippen molar-refractivity contribution in [3.8, 4) is 17.0 Å². The Balaban J connectivity index is 1.56. The van der Waals surface area contributed by atoms with Gasteiger partial charge in [0.1, 0.15) is 17.8 Å². The highest BCUT2D eigenvalue weighted by molar-refractivity contribution is 5.93. The lowest BCUT2D eigenvalue weighted by Crippen LogP contribution is -2.34. The second-order valence-electron chi connectivity index (χ2n) is 6.98. The summed E-state index contributed by atoms with van der Waals surface area (Å²) in [6.45, 7) is 5.07. The lowest BCUT2D eigenvalue weighted by molar-refractivity contribution is 0.0755. The van der Waals surface area contributed by atoms with Gasteiger partial charge in [-0.3, -0.25) is 9.89 Å². The van der Waals surface area contributed by atoms with Crippen molar-refractivity contribution in [3.63, 3.8) is 0 Å². The summed E-state index contributed by atoms with van der Waals surface area (Å²) in [5.41, 5.74) is 6.43. The third kappa shape index (κ3) is 3.24. The zero-order valence-electron chi connectivity index (χ0n) is 16.3. The Morgan fingerprint density at radius 1 is 1.11 bits per heavy atom. The summed E-state index contributed by atoms with van der Waals surface area (Å²) in [4.78, 5) is 23.3. The van der Waals surface area contributed by atoms with Gasteiger partial charge in [-0.1, -0.05) is 0 Å². The van der Waals surface area contributed by atoms with Gasteiger partial charge in [0.25, 0.3) is 5.91 Å². The molecule has 2 aromatic heterocycles. The van der Waals surface area contributed by atoms with Gasteiger partial charge >= 0.3 is 0 Å². The highest BCUT2D eigenvalue weighted by atomic mass is 16.5. The minimum atomic E-state index is -0.0351. The summed E-state index contributed by atoms with van der Waals surface area (Å²) in [5.74, 6) is 0.782. The Morgan fingerprint density at radius 3 is 2.61 bits per heavy atom. The van der Waals surface area contributed by atoms with Gasteiger partial charge in [-0.2, -0.15) is 5.10 Å². The van der Waals surface area contributed by atoms with Crippen LogP contribution in [0.25, 0.3) is 11.3 Å². The molecule has 0 atom stereocenters. The maximum atomic E-state index is 13.0. The Labute approximate surface area is 163 Å². The normalized spacial score (nSPS) is 13.8. The van der Waals surface area contributed by atoms with E-state index in [-0.39, 0.29) is 5.91 Å². The fraction of sp³-hybridized carbons (Fsp3) is 0.333. The van der Waals surface area contributed by atoms with Gasteiger partial charge in [0, 0.05) is 47.6 Å². The third-order valence-corrected chi connectivity index (χ3v) is 5.41. The van der Waals surface area contributed by atoms with E-state index in [4.69, 9.17) is 4.74 Å². The van der Waals surface area contributed by atoms with Crippen molar-refractivity contribution in [2.24, 2.45) is 0 Å². The number of hydrogen-bond acceptors (Lipinski definition) is 5. The second-order valence-corrected chi connectivity index (χ2v) is 6.98. The topological polar surface area (TPSA) is 84.0 Å². The van der Waals surface area contributed by atoms with Gasteiger partial charge in [0.05, 0.1) is 12.8 Å². The summed E-state index contributed by atoms with van der Waals surface area (Å²) in [5, 5.41) is 7.70. The number of amides is 1. The molecule has 0 fully saturated rings. The van der Waals surface area contributed by atoms with Crippen LogP contribution in [-0.4, -0.2) is 51.2 Å². The molecule has 3 heterocycles. The number of nitrogens with zero attached hydrogens (tertiary/aromatic N) is 4. The van der Waals surface area contributed by atoms with Gasteiger partial charge in [-0.15, -0.1) is 0 Å². The minimum Gasteiger partial charge on any atom is -0.497 e. The minimum absolute atomic E-state index is 0.0351. The van der Waals surface area contributed by atoms with Gasteiger partial charge < -0.3 is 9.64 Å². The van der Waals surface area contributed by atoms with Crippen LogP contribution in [0.4, 0.5) is 0 Å². The average molecular weight is 377 g/mol. The molecule has 28 heavy (non-hydrogen) atoms. The summed E-state index contributed by atoms with van der Waals surface area (Å²) in [7, 11) is 1.65. The van der Waals surface area contributed by atoms with E-state index >= 15 is 0 Å². The Hall–Kier alpha value is -3.22. The van der Waals surface area contributed by atoms with E-state index < -0.39 is 0 Å². The number of H-pyrrole nitrogens is 1. The van der Waals surface area contributed by atoms with Crippen LogP contribution in [0.15, 0.2) is 30.6 Å². The molecular weight excluding hydrogens is 354 g/mol. The molecule has 0 bridgehead atoms. The second kappa shape index (κ2) is 7.42. The first-order chi connectivity index (χ1) is 13.6. The molecule has 1 aromatic carbocycles. The molecule has 1 amide bonds. The van der Waals surface area contributed by atoms with Gasteiger partial charge in [0.2, 0.25) is 0 Å². The molecule has 144 valence electrons. The molecule has 0 saturated carbocycles. The number of aryl methyl sites for hydroxylation is 1. The van der Waals surface area contributed by atoms with Crippen LogP contribution in [0.1, 0.15) is 33.0 Å². The number of carbonyl (C=O) groups is 1. The predicted molar refractivity (Wildman–Crippen MR) is 105 cm³/mol. The smallest absolute Gasteiger partial charge is 0.272 e. The summed E-state index contributed by atoms with van der Waals surface area (Å²) < 4.78 is 5.24. The van der Waals surface area contributed by atoms with Crippen LogP contribution >= 0.6 is 0 Å². The molecule has 0 saturated heterocycles.